The predicted molar refractivity (Wildman–Crippen MR) is 76.3 cm³/mol. The summed E-state index contributed by atoms with van der Waals surface area (Å²) in [5, 5.41) is 0. The van der Waals surface area contributed by atoms with E-state index in [0.29, 0.717) is 25.0 Å². The first-order valence-corrected chi connectivity index (χ1v) is 8.02. The molecule has 122 valence electrons. The van der Waals surface area contributed by atoms with Crippen LogP contribution in [0.2, 0.25) is 0 Å². The first-order valence-electron chi connectivity index (χ1n) is 8.02. The molecule has 6 heteroatoms. The minimum Gasteiger partial charge on any atom is -0.434 e. The van der Waals surface area contributed by atoms with Crippen LogP contribution in [0.4, 0.5) is 9.59 Å². The quantitative estimate of drug-likeness (QED) is 0.586. The van der Waals surface area contributed by atoms with Crippen LogP contribution < -0.4 is 0 Å². The van der Waals surface area contributed by atoms with Gasteiger partial charge in [0, 0.05) is 12.8 Å². The van der Waals surface area contributed by atoms with Gasteiger partial charge in [-0.3, -0.25) is 0 Å². The third-order valence-corrected chi connectivity index (χ3v) is 4.69. The fraction of sp³-hybridized carbons (Fsp3) is 0.750. The maximum Gasteiger partial charge on any atom is 0.508 e. The highest BCUT2D eigenvalue weighted by Gasteiger charge is 2.33. The van der Waals surface area contributed by atoms with Gasteiger partial charge in [-0.05, 0) is 37.5 Å². The summed E-state index contributed by atoms with van der Waals surface area (Å²) < 4.78 is 20.1. The summed E-state index contributed by atoms with van der Waals surface area (Å²) in [4.78, 5) is 22.4. The molecule has 2 saturated heterocycles. The van der Waals surface area contributed by atoms with Crippen molar-refractivity contribution in [3.63, 3.8) is 0 Å². The van der Waals surface area contributed by atoms with Crippen molar-refractivity contribution in [1.29, 1.82) is 0 Å². The highest BCUT2D eigenvalue weighted by molar-refractivity contribution is 5.61. The van der Waals surface area contributed by atoms with E-state index in [1.165, 1.54) is 0 Å². The summed E-state index contributed by atoms with van der Waals surface area (Å²) >= 11 is 0. The molecule has 2 fully saturated rings. The second-order valence-electron chi connectivity index (χ2n) is 6.19. The van der Waals surface area contributed by atoms with Crippen molar-refractivity contribution in [1.82, 2.24) is 0 Å². The normalized spacial score (nSPS) is 35.1. The second-order valence-corrected chi connectivity index (χ2v) is 6.19. The van der Waals surface area contributed by atoms with Crippen molar-refractivity contribution in [3.8, 4) is 0 Å². The number of cyclic esters (lactones) is 4. The zero-order valence-electron chi connectivity index (χ0n) is 12.6. The Labute approximate surface area is 129 Å². The summed E-state index contributed by atoms with van der Waals surface area (Å²) in [5.41, 5.74) is 0. The van der Waals surface area contributed by atoms with Crippen LogP contribution in [0.15, 0.2) is 12.2 Å². The molecule has 4 unspecified atom stereocenters. The van der Waals surface area contributed by atoms with Crippen LogP contribution in [0.5, 0.6) is 0 Å². The molecule has 0 saturated carbocycles. The lowest BCUT2D eigenvalue weighted by molar-refractivity contribution is -0.0450. The van der Waals surface area contributed by atoms with Crippen LogP contribution in [0.25, 0.3) is 0 Å². The van der Waals surface area contributed by atoms with E-state index < -0.39 is 12.3 Å². The highest BCUT2D eigenvalue weighted by atomic mass is 16.7. The van der Waals surface area contributed by atoms with Gasteiger partial charge < -0.3 is 18.9 Å². The van der Waals surface area contributed by atoms with Crippen LogP contribution in [-0.2, 0) is 18.9 Å². The Morgan fingerprint density at radius 1 is 0.818 bits per heavy atom. The molecule has 1 aliphatic carbocycles. The molecule has 0 spiro atoms. The van der Waals surface area contributed by atoms with Gasteiger partial charge in [0.15, 0.2) is 0 Å². The first-order chi connectivity index (χ1) is 10.7. The molecular formula is C16H22O6. The summed E-state index contributed by atoms with van der Waals surface area (Å²) in [6.45, 7) is 0.878. The number of rotatable bonds is 4. The average Bonchev–Trinajstić information content (AvgIpc) is 2.49. The molecule has 3 aliphatic rings. The molecule has 0 aromatic carbocycles. The number of allylic oxidation sites excluding steroid dienone is 2. The SMILES string of the molecule is O=C1OCCC(CC2CC=CCC2CC2CCOC(=O)O2)O1. The predicted octanol–water partition coefficient (Wildman–Crippen LogP) is 3.20. The van der Waals surface area contributed by atoms with E-state index >= 15 is 0 Å². The molecular weight excluding hydrogens is 288 g/mol. The fourth-order valence-corrected chi connectivity index (χ4v) is 3.52. The van der Waals surface area contributed by atoms with Gasteiger partial charge in [-0.2, -0.15) is 0 Å². The molecule has 0 amide bonds. The van der Waals surface area contributed by atoms with Crippen molar-refractivity contribution in [2.45, 2.75) is 50.7 Å². The second kappa shape index (κ2) is 7.03. The fourth-order valence-electron chi connectivity index (χ4n) is 3.52. The Kier molecular flexibility index (Phi) is 4.85. The standard InChI is InChI=1S/C16H22O6/c17-15-19-7-5-13(21-15)9-11-3-1-2-4-12(11)10-14-6-8-20-16(18)22-14/h1-2,11-14H,3-10H2. The smallest absolute Gasteiger partial charge is 0.434 e. The molecule has 4 atom stereocenters. The van der Waals surface area contributed by atoms with Gasteiger partial charge in [-0.25, -0.2) is 9.59 Å². The maximum atomic E-state index is 11.2. The summed E-state index contributed by atoms with van der Waals surface area (Å²) in [5.74, 6) is 0.893. The molecule has 0 aromatic heterocycles. The van der Waals surface area contributed by atoms with Crippen LogP contribution in [0.3, 0.4) is 0 Å². The van der Waals surface area contributed by atoms with Gasteiger partial charge >= 0.3 is 12.3 Å². The first kappa shape index (κ1) is 15.2. The Morgan fingerprint density at radius 2 is 1.27 bits per heavy atom. The van der Waals surface area contributed by atoms with Gasteiger partial charge in [0.1, 0.15) is 12.2 Å². The molecule has 2 aliphatic heterocycles. The number of carbonyl (C=O) groups excluding carboxylic acids is 2. The van der Waals surface area contributed by atoms with Crippen LogP contribution in [0, 0.1) is 11.8 Å². The van der Waals surface area contributed by atoms with Crippen molar-refractivity contribution in [2.75, 3.05) is 13.2 Å². The van der Waals surface area contributed by atoms with E-state index in [0.717, 1.165) is 38.5 Å². The number of hydrogen-bond acceptors (Lipinski definition) is 6. The Morgan fingerprint density at radius 3 is 1.68 bits per heavy atom. The van der Waals surface area contributed by atoms with Gasteiger partial charge in [0.05, 0.1) is 13.2 Å². The molecule has 6 nitrogen and oxygen atoms in total. The van der Waals surface area contributed by atoms with Crippen molar-refractivity contribution >= 4 is 12.3 Å². The van der Waals surface area contributed by atoms with Crippen LogP contribution in [-0.4, -0.2) is 37.7 Å². The number of carbonyl (C=O) groups is 2. The Hall–Kier alpha value is -1.72. The van der Waals surface area contributed by atoms with Crippen molar-refractivity contribution < 1.29 is 28.5 Å². The van der Waals surface area contributed by atoms with E-state index in [9.17, 15) is 9.59 Å². The Balaban J connectivity index is 1.55. The van der Waals surface area contributed by atoms with E-state index in [1.807, 2.05) is 0 Å². The van der Waals surface area contributed by atoms with Crippen LogP contribution in [0.1, 0.15) is 38.5 Å². The van der Waals surface area contributed by atoms with E-state index in [2.05, 4.69) is 12.2 Å². The van der Waals surface area contributed by atoms with Crippen molar-refractivity contribution in [2.24, 2.45) is 11.8 Å². The minimum absolute atomic E-state index is 0.0579. The lowest BCUT2D eigenvalue weighted by atomic mass is 9.76. The minimum atomic E-state index is -0.558. The van der Waals surface area contributed by atoms with E-state index in [1.54, 1.807) is 0 Å². The largest absolute Gasteiger partial charge is 0.508 e. The Bertz CT molecular complexity index is 406. The van der Waals surface area contributed by atoms with E-state index in [-0.39, 0.29) is 12.2 Å². The zero-order chi connectivity index (χ0) is 15.4. The van der Waals surface area contributed by atoms with Gasteiger partial charge in [0.2, 0.25) is 0 Å². The number of ether oxygens (including phenoxy) is 4. The van der Waals surface area contributed by atoms with E-state index in [4.69, 9.17) is 18.9 Å². The molecule has 0 radical (unpaired) electrons. The molecule has 2 heterocycles. The molecule has 0 N–H and O–H groups in total. The molecule has 0 aromatic rings. The summed E-state index contributed by atoms with van der Waals surface area (Å²) in [7, 11) is 0. The summed E-state index contributed by atoms with van der Waals surface area (Å²) in [6, 6.07) is 0. The monoisotopic (exact) mass is 310 g/mol. The zero-order valence-corrected chi connectivity index (χ0v) is 12.6. The van der Waals surface area contributed by atoms with Gasteiger partial charge in [-0.15, -0.1) is 0 Å². The van der Waals surface area contributed by atoms with Crippen molar-refractivity contribution in [3.05, 3.63) is 12.2 Å². The average molecular weight is 310 g/mol. The molecule has 0 bridgehead atoms. The van der Waals surface area contributed by atoms with Gasteiger partial charge in [0.25, 0.3) is 0 Å². The van der Waals surface area contributed by atoms with Crippen LogP contribution >= 0.6 is 0 Å². The maximum absolute atomic E-state index is 11.2. The highest BCUT2D eigenvalue weighted by Crippen LogP contribution is 2.35. The third kappa shape index (κ3) is 3.93. The van der Waals surface area contributed by atoms with Gasteiger partial charge in [-0.1, -0.05) is 12.2 Å². The topological polar surface area (TPSA) is 71.1 Å². The lowest BCUT2D eigenvalue weighted by Gasteiger charge is -2.34. The molecule has 22 heavy (non-hydrogen) atoms. The summed E-state index contributed by atoms with van der Waals surface area (Å²) in [6.07, 6.45) is 8.33. The third-order valence-electron chi connectivity index (χ3n) is 4.69. The number of hydrogen-bond donors (Lipinski definition) is 0. The molecule has 3 rings (SSSR count). The lowest BCUT2D eigenvalue weighted by Crippen LogP contribution is -2.34.